The molecule has 7 heteroatoms. The van der Waals surface area contributed by atoms with Crippen LogP contribution in [0.5, 0.6) is 0 Å². The summed E-state index contributed by atoms with van der Waals surface area (Å²) in [7, 11) is 0. The van der Waals surface area contributed by atoms with E-state index in [0.717, 1.165) is 29.8 Å². The SMILES string of the molecule is O=C(Cc1ccc(F)c(F)c1)Nc1ncc(-c2ccccc2)nc1C1CC=CS1. The summed E-state index contributed by atoms with van der Waals surface area (Å²) in [5.74, 6) is -1.89. The van der Waals surface area contributed by atoms with Crippen LogP contribution in [-0.4, -0.2) is 15.9 Å². The predicted octanol–water partition coefficient (Wildman–Crippen LogP) is 5.29. The Balaban J connectivity index is 1.58. The highest BCUT2D eigenvalue weighted by Gasteiger charge is 2.22. The van der Waals surface area contributed by atoms with Crippen molar-refractivity contribution in [3.05, 3.63) is 89.1 Å². The second kappa shape index (κ2) is 8.53. The van der Waals surface area contributed by atoms with Gasteiger partial charge in [0.2, 0.25) is 5.91 Å². The number of halogens is 2. The van der Waals surface area contributed by atoms with Gasteiger partial charge in [-0.05, 0) is 29.5 Å². The molecule has 4 rings (SSSR count). The number of aromatic nitrogens is 2. The van der Waals surface area contributed by atoms with Crippen LogP contribution in [-0.2, 0) is 11.2 Å². The molecule has 1 aromatic heterocycles. The fraction of sp³-hybridized carbons (Fsp3) is 0.136. The first-order valence-electron chi connectivity index (χ1n) is 9.07. The Kier molecular flexibility index (Phi) is 5.67. The highest BCUT2D eigenvalue weighted by molar-refractivity contribution is 8.02. The van der Waals surface area contributed by atoms with Crippen molar-refractivity contribution in [1.82, 2.24) is 9.97 Å². The summed E-state index contributed by atoms with van der Waals surface area (Å²) in [6.07, 6.45) is 4.39. The van der Waals surface area contributed by atoms with Crippen LogP contribution < -0.4 is 5.32 Å². The Morgan fingerprint density at radius 3 is 2.69 bits per heavy atom. The fourth-order valence-electron chi connectivity index (χ4n) is 3.04. The van der Waals surface area contributed by atoms with Gasteiger partial charge in [0.15, 0.2) is 17.5 Å². The van der Waals surface area contributed by atoms with Crippen LogP contribution in [0.2, 0.25) is 0 Å². The van der Waals surface area contributed by atoms with E-state index in [1.165, 1.54) is 6.07 Å². The molecule has 1 aliphatic heterocycles. The number of amides is 1. The molecule has 2 heterocycles. The normalized spacial score (nSPS) is 15.4. The Morgan fingerprint density at radius 2 is 1.97 bits per heavy atom. The number of nitrogens with zero attached hydrogens (tertiary/aromatic N) is 2. The van der Waals surface area contributed by atoms with E-state index in [9.17, 15) is 13.6 Å². The lowest BCUT2D eigenvalue weighted by molar-refractivity contribution is -0.115. The van der Waals surface area contributed by atoms with E-state index < -0.39 is 11.6 Å². The molecule has 0 saturated carbocycles. The Hall–Kier alpha value is -3.06. The van der Waals surface area contributed by atoms with Crippen LogP contribution in [0.4, 0.5) is 14.6 Å². The zero-order valence-corrected chi connectivity index (χ0v) is 16.1. The van der Waals surface area contributed by atoms with Crippen LogP contribution >= 0.6 is 11.8 Å². The molecule has 1 unspecified atom stereocenters. The summed E-state index contributed by atoms with van der Waals surface area (Å²) >= 11 is 1.62. The quantitative estimate of drug-likeness (QED) is 0.622. The predicted molar refractivity (Wildman–Crippen MR) is 110 cm³/mol. The van der Waals surface area contributed by atoms with Crippen LogP contribution in [0.15, 0.2) is 66.2 Å². The number of rotatable bonds is 5. The van der Waals surface area contributed by atoms with E-state index in [4.69, 9.17) is 4.98 Å². The van der Waals surface area contributed by atoms with Gasteiger partial charge >= 0.3 is 0 Å². The molecule has 1 amide bonds. The molecule has 4 nitrogen and oxygen atoms in total. The minimum absolute atomic E-state index is 0.0599. The van der Waals surface area contributed by atoms with E-state index in [0.29, 0.717) is 17.1 Å². The standard InChI is InChI=1S/C22H17F2N3OS/c23-16-9-8-14(11-17(16)24)12-20(28)27-22-21(19-7-4-10-29-19)26-18(13-25-22)15-5-2-1-3-6-15/h1-6,8-11,13,19H,7,12H2,(H,25,27,28). The molecule has 2 aromatic carbocycles. The number of hydrogen-bond acceptors (Lipinski definition) is 4. The zero-order valence-electron chi connectivity index (χ0n) is 15.3. The number of anilines is 1. The van der Waals surface area contributed by atoms with Crippen LogP contribution in [0, 0.1) is 11.6 Å². The van der Waals surface area contributed by atoms with Gasteiger partial charge in [0.25, 0.3) is 0 Å². The molecule has 1 atom stereocenters. The molecule has 29 heavy (non-hydrogen) atoms. The average molecular weight is 409 g/mol. The minimum atomic E-state index is -0.976. The van der Waals surface area contributed by atoms with Gasteiger partial charge < -0.3 is 5.32 Å². The monoisotopic (exact) mass is 409 g/mol. The maximum Gasteiger partial charge on any atom is 0.229 e. The van der Waals surface area contributed by atoms with Crippen molar-refractivity contribution in [3.8, 4) is 11.3 Å². The van der Waals surface area contributed by atoms with Gasteiger partial charge in [-0.25, -0.2) is 18.7 Å². The van der Waals surface area contributed by atoms with Crippen molar-refractivity contribution in [1.29, 1.82) is 0 Å². The minimum Gasteiger partial charge on any atom is -0.309 e. The third-order valence-electron chi connectivity index (χ3n) is 4.47. The number of nitrogens with one attached hydrogen (secondary N) is 1. The number of carbonyl (C=O) groups is 1. The van der Waals surface area contributed by atoms with Crippen LogP contribution in [0.25, 0.3) is 11.3 Å². The molecule has 3 aromatic rings. The van der Waals surface area contributed by atoms with Crippen molar-refractivity contribution in [2.45, 2.75) is 18.1 Å². The lowest BCUT2D eigenvalue weighted by atomic mass is 10.1. The van der Waals surface area contributed by atoms with Crippen molar-refractivity contribution in [2.24, 2.45) is 0 Å². The third-order valence-corrected chi connectivity index (χ3v) is 5.56. The molecule has 1 N–H and O–H groups in total. The smallest absolute Gasteiger partial charge is 0.229 e. The van der Waals surface area contributed by atoms with Crippen molar-refractivity contribution >= 4 is 23.5 Å². The summed E-state index contributed by atoms with van der Waals surface area (Å²) in [6.45, 7) is 0. The number of allylic oxidation sites excluding steroid dienone is 1. The molecule has 0 aliphatic carbocycles. The van der Waals surface area contributed by atoms with Crippen LogP contribution in [0.1, 0.15) is 22.9 Å². The molecule has 146 valence electrons. The summed E-state index contributed by atoms with van der Waals surface area (Å²) in [6, 6.07) is 13.1. The first kappa shape index (κ1) is 19.3. The summed E-state index contributed by atoms with van der Waals surface area (Å²) in [5, 5.41) is 4.85. The number of benzene rings is 2. The van der Waals surface area contributed by atoms with E-state index in [-0.39, 0.29) is 17.6 Å². The van der Waals surface area contributed by atoms with E-state index in [2.05, 4.69) is 16.4 Å². The van der Waals surface area contributed by atoms with Gasteiger partial charge in [-0.2, -0.15) is 0 Å². The zero-order chi connectivity index (χ0) is 20.2. The maximum absolute atomic E-state index is 13.4. The van der Waals surface area contributed by atoms with Crippen LogP contribution in [0.3, 0.4) is 0 Å². The van der Waals surface area contributed by atoms with Gasteiger partial charge in [-0.15, -0.1) is 11.8 Å². The highest BCUT2D eigenvalue weighted by atomic mass is 32.2. The lowest BCUT2D eigenvalue weighted by Crippen LogP contribution is -2.18. The van der Waals surface area contributed by atoms with Gasteiger partial charge in [0.1, 0.15) is 0 Å². The van der Waals surface area contributed by atoms with Gasteiger partial charge in [0, 0.05) is 5.56 Å². The average Bonchev–Trinajstić information content (AvgIpc) is 3.26. The molecule has 0 bridgehead atoms. The van der Waals surface area contributed by atoms with Gasteiger partial charge in [0.05, 0.1) is 29.3 Å². The van der Waals surface area contributed by atoms with Gasteiger partial charge in [-0.1, -0.05) is 42.5 Å². The molecular weight excluding hydrogens is 392 g/mol. The van der Waals surface area contributed by atoms with E-state index >= 15 is 0 Å². The first-order chi connectivity index (χ1) is 14.1. The molecule has 0 radical (unpaired) electrons. The third kappa shape index (κ3) is 4.51. The van der Waals surface area contributed by atoms with E-state index in [1.54, 1.807) is 18.0 Å². The Morgan fingerprint density at radius 1 is 1.14 bits per heavy atom. The summed E-state index contributed by atoms with van der Waals surface area (Å²) in [5.41, 5.74) is 2.75. The number of hydrogen-bond donors (Lipinski definition) is 1. The highest BCUT2D eigenvalue weighted by Crippen LogP contribution is 2.40. The maximum atomic E-state index is 13.4. The molecule has 0 saturated heterocycles. The van der Waals surface area contributed by atoms with Crippen molar-refractivity contribution in [3.63, 3.8) is 0 Å². The lowest BCUT2D eigenvalue weighted by Gasteiger charge is -2.15. The topological polar surface area (TPSA) is 54.9 Å². The largest absolute Gasteiger partial charge is 0.309 e. The molecule has 0 fully saturated rings. The summed E-state index contributed by atoms with van der Waals surface area (Å²) < 4.78 is 26.5. The molecule has 1 aliphatic rings. The Labute approximate surface area is 171 Å². The first-order valence-corrected chi connectivity index (χ1v) is 10.0. The van der Waals surface area contributed by atoms with Gasteiger partial charge in [-0.3, -0.25) is 4.79 Å². The summed E-state index contributed by atoms with van der Waals surface area (Å²) in [4.78, 5) is 21.7. The number of carbonyl (C=O) groups excluding carboxylic acids is 1. The van der Waals surface area contributed by atoms with Crippen molar-refractivity contribution in [2.75, 3.05) is 5.32 Å². The van der Waals surface area contributed by atoms with E-state index in [1.807, 2.05) is 35.7 Å². The van der Waals surface area contributed by atoms with Crippen molar-refractivity contribution < 1.29 is 13.6 Å². The molecule has 0 spiro atoms. The number of thioether (sulfide) groups is 1. The second-order valence-corrected chi connectivity index (χ2v) is 7.67. The fourth-order valence-corrected chi connectivity index (χ4v) is 3.97. The second-order valence-electron chi connectivity index (χ2n) is 6.56. The Bertz CT molecular complexity index is 1060. The molecular formula is C22H17F2N3OS.